The molecule has 1 fully saturated rings. The highest BCUT2D eigenvalue weighted by molar-refractivity contribution is 9.10. The van der Waals surface area contributed by atoms with E-state index in [0.717, 1.165) is 24.1 Å². The van der Waals surface area contributed by atoms with Crippen LogP contribution in [0.2, 0.25) is 0 Å². The fourth-order valence-corrected chi connectivity index (χ4v) is 2.66. The number of rotatable bonds is 3. The zero-order chi connectivity index (χ0) is 12.3. The largest absolute Gasteiger partial charge is 0.381 e. The zero-order valence-corrected chi connectivity index (χ0v) is 11.6. The first kappa shape index (κ1) is 12.8. The Morgan fingerprint density at radius 1 is 1.41 bits per heavy atom. The number of para-hydroxylation sites is 1. The topological polar surface area (TPSA) is 15.3 Å². The van der Waals surface area contributed by atoms with Gasteiger partial charge in [-0.15, -0.1) is 0 Å². The Morgan fingerprint density at radius 3 is 2.76 bits per heavy atom. The fourth-order valence-electron chi connectivity index (χ4n) is 2.18. The second-order valence-corrected chi connectivity index (χ2v) is 5.58. The molecule has 1 aliphatic heterocycles. The zero-order valence-electron chi connectivity index (χ0n) is 10.0. The van der Waals surface area contributed by atoms with E-state index in [2.05, 4.69) is 33.2 Å². The van der Waals surface area contributed by atoms with E-state index in [4.69, 9.17) is 0 Å². The highest BCUT2D eigenvalue weighted by Gasteiger charge is 2.17. The average molecular weight is 301 g/mol. The van der Waals surface area contributed by atoms with Crippen molar-refractivity contribution in [1.29, 1.82) is 0 Å². The maximum atomic E-state index is 13.6. The van der Waals surface area contributed by atoms with Gasteiger partial charge in [0.15, 0.2) is 0 Å². The number of anilines is 1. The van der Waals surface area contributed by atoms with Gasteiger partial charge in [-0.1, -0.05) is 6.07 Å². The molecule has 94 valence electrons. The molecule has 0 unspecified atom stereocenters. The highest BCUT2D eigenvalue weighted by Crippen LogP contribution is 2.26. The van der Waals surface area contributed by atoms with E-state index in [9.17, 15) is 4.39 Å². The molecule has 1 aromatic carbocycles. The van der Waals surface area contributed by atoms with Gasteiger partial charge in [-0.2, -0.15) is 0 Å². The van der Waals surface area contributed by atoms with Gasteiger partial charge in [0.2, 0.25) is 0 Å². The molecule has 0 atom stereocenters. The highest BCUT2D eigenvalue weighted by atomic mass is 79.9. The first-order valence-electron chi connectivity index (χ1n) is 6.03. The molecule has 0 amide bonds. The molecule has 1 heterocycles. The second kappa shape index (κ2) is 5.83. The normalized spacial score (nSPS) is 18.3. The Morgan fingerprint density at radius 2 is 2.12 bits per heavy atom. The maximum Gasteiger partial charge on any atom is 0.147 e. The minimum Gasteiger partial charge on any atom is -0.381 e. The van der Waals surface area contributed by atoms with Gasteiger partial charge >= 0.3 is 0 Å². The Labute approximate surface area is 110 Å². The number of likely N-dealkylation sites (tertiary alicyclic amines) is 1. The molecule has 0 radical (unpaired) electrons. The van der Waals surface area contributed by atoms with Crippen molar-refractivity contribution in [2.24, 2.45) is 5.92 Å². The molecule has 0 bridgehead atoms. The van der Waals surface area contributed by atoms with Crippen molar-refractivity contribution < 1.29 is 4.39 Å². The third kappa shape index (κ3) is 3.42. The van der Waals surface area contributed by atoms with Gasteiger partial charge in [0.25, 0.3) is 0 Å². The predicted molar refractivity (Wildman–Crippen MR) is 72.8 cm³/mol. The van der Waals surface area contributed by atoms with Crippen molar-refractivity contribution in [1.82, 2.24) is 4.90 Å². The van der Waals surface area contributed by atoms with Gasteiger partial charge in [0, 0.05) is 11.0 Å². The molecule has 17 heavy (non-hydrogen) atoms. The molecule has 1 saturated heterocycles. The number of benzene rings is 1. The van der Waals surface area contributed by atoms with Crippen LogP contribution in [-0.2, 0) is 0 Å². The lowest BCUT2D eigenvalue weighted by Crippen LogP contribution is -2.33. The molecular weight excluding hydrogens is 283 g/mol. The number of nitrogens with zero attached hydrogens (tertiary/aromatic N) is 1. The van der Waals surface area contributed by atoms with Crippen LogP contribution in [0.1, 0.15) is 12.8 Å². The number of hydrogen-bond acceptors (Lipinski definition) is 2. The molecule has 1 aliphatic rings. The van der Waals surface area contributed by atoms with Crippen LogP contribution in [0.4, 0.5) is 10.1 Å². The van der Waals surface area contributed by atoms with Crippen molar-refractivity contribution >= 4 is 21.6 Å². The van der Waals surface area contributed by atoms with E-state index in [1.165, 1.54) is 18.9 Å². The summed E-state index contributed by atoms with van der Waals surface area (Å²) in [6, 6.07) is 5.06. The van der Waals surface area contributed by atoms with E-state index in [-0.39, 0.29) is 5.82 Å². The molecule has 0 aliphatic carbocycles. The van der Waals surface area contributed by atoms with E-state index < -0.39 is 0 Å². The third-order valence-electron chi connectivity index (χ3n) is 3.37. The standard InChI is InChI=1S/C13H18BrFN2/c1-17-7-5-10(6-8-17)9-16-13-11(14)3-2-4-12(13)15/h2-4,10,16H,5-9H2,1H3. The van der Waals surface area contributed by atoms with Crippen molar-refractivity contribution in [2.75, 3.05) is 32.0 Å². The van der Waals surface area contributed by atoms with Crippen molar-refractivity contribution in [2.45, 2.75) is 12.8 Å². The molecule has 0 spiro atoms. The number of piperidine rings is 1. The van der Waals surface area contributed by atoms with Gasteiger partial charge < -0.3 is 10.2 Å². The monoisotopic (exact) mass is 300 g/mol. The van der Waals surface area contributed by atoms with E-state index >= 15 is 0 Å². The number of halogens is 2. The molecule has 1 aromatic rings. The third-order valence-corrected chi connectivity index (χ3v) is 4.03. The van der Waals surface area contributed by atoms with Gasteiger partial charge in [-0.05, 0) is 67.0 Å². The first-order chi connectivity index (χ1) is 8.16. The van der Waals surface area contributed by atoms with Crippen LogP contribution in [0, 0.1) is 11.7 Å². The molecular formula is C13H18BrFN2. The van der Waals surface area contributed by atoms with Crippen molar-refractivity contribution in [3.05, 3.63) is 28.5 Å². The Bertz CT molecular complexity index is 355. The van der Waals surface area contributed by atoms with Crippen LogP contribution >= 0.6 is 15.9 Å². The summed E-state index contributed by atoms with van der Waals surface area (Å²) in [4.78, 5) is 2.34. The van der Waals surface area contributed by atoms with Gasteiger partial charge in [0.1, 0.15) is 5.82 Å². The predicted octanol–water partition coefficient (Wildman–Crippen LogP) is 3.34. The second-order valence-electron chi connectivity index (χ2n) is 4.72. The summed E-state index contributed by atoms with van der Waals surface area (Å²) in [7, 11) is 2.15. The SMILES string of the molecule is CN1CCC(CNc2c(F)cccc2Br)CC1. The van der Waals surface area contributed by atoms with E-state index in [1.54, 1.807) is 6.07 Å². The number of nitrogens with one attached hydrogen (secondary N) is 1. The Hall–Kier alpha value is -0.610. The minimum atomic E-state index is -0.188. The molecule has 2 nitrogen and oxygen atoms in total. The fraction of sp³-hybridized carbons (Fsp3) is 0.538. The van der Waals surface area contributed by atoms with Crippen LogP contribution in [0.15, 0.2) is 22.7 Å². The molecule has 4 heteroatoms. The summed E-state index contributed by atoms with van der Waals surface area (Å²) in [6.45, 7) is 3.14. The van der Waals surface area contributed by atoms with Gasteiger partial charge in [0.05, 0.1) is 5.69 Å². The van der Waals surface area contributed by atoms with Gasteiger partial charge in [-0.3, -0.25) is 0 Å². The summed E-state index contributed by atoms with van der Waals surface area (Å²) >= 11 is 3.37. The van der Waals surface area contributed by atoms with Crippen molar-refractivity contribution in [3.63, 3.8) is 0 Å². The van der Waals surface area contributed by atoms with Crippen LogP contribution in [0.25, 0.3) is 0 Å². The quantitative estimate of drug-likeness (QED) is 0.921. The van der Waals surface area contributed by atoms with Crippen molar-refractivity contribution in [3.8, 4) is 0 Å². The van der Waals surface area contributed by atoms with E-state index in [1.807, 2.05) is 6.07 Å². The Balaban J connectivity index is 1.89. The average Bonchev–Trinajstić information content (AvgIpc) is 2.31. The number of hydrogen-bond donors (Lipinski definition) is 1. The molecule has 2 rings (SSSR count). The summed E-state index contributed by atoms with van der Waals surface area (Å²) in [6.07, 6.45) is 2.38. The van der Waals surface area contributed by atoms with Crippen LogP contribution in [-0.4, -0.2) is 31.6 Å². The van der Waals surface area contributed by atoms with Crippen LogP contribution in [0.3, 0.4) is 0 Å². The molecule has 0 aromatic heterocycles. The lowest BCUT2D eigenvalue weighted by Gasteiger charge is -2.29. The van der Waals surface area contributed by atoms with Gasteiger partial charge in [-0.25, -0.2) is 4.39 Å². The summed E-state index contributed by atoms with van der Waals surface area (Å²) in [5, 5.41) is 3.23. The molecule has 1 N–H and O–H groups in total. The summed E-state index contributed by atoms with van der Waals surface area (Å²) in [5.74, 6) is 0.463. The first-order valence-corrected chi connectivity index (χ1v) is 6.82. The lowest BCUT2D eigenvalue weighted by atomic mass is 9.97. The molecule has 0 saturated carbocycles. The summed E-state index contributed by atoms with van der Waals surface area (Å²) in [5.41, 5.74) is 0.589. The van der Waals surface area contributed by atoms with Crippen LogP contribution in [0.5, 0.6) is 0 Å². The van der Waals surface area contributed by atoms with E-state index in [0.29, 0.717) is 11.6 Å². The minimum absolute atomic E-state index is 0.188. The smallest absolute Gasteiger partial charge is 0.147 e. The lowest BCUT2D eigenvalue weighted by molar-refractivity contribution is 0.226. The van der Waals surface area contributed by atoms with Crippen LogP contribution < -0.4 is 5.32 Å². The Kier molecular flexibility index (Phi) is 4.40. The summed E-state index contributed by atoms with van der Waals surface area (Å²) < 4.78 is 14.4. The maximum absolute atomic E-state index is 13.6.